The zero-order valence-electron chi connectivity index (χ0n) is 14.2. The number of fused-ring (bicyclic) bond motifs is 2. The van der Waals surface area contributed by atoms with Crippen LogP contribution in [0.3, 0.4) is 0 Å². The molecule has 0 aromatic carbocycles. The van der Waals surface area contributed by atoms with Crippen molar-refractivity contribution in [2.45, 2.75) is 72.1 Å². The molecular weight excluding hydrogens is 256 g/mol. The van der Waals surface area contributed by atoms with E-state index in [9.17, 15) is 5.11 Å². The van der Waals surface area contributed by atoms with Gasteiger partial charge in [-0.15, -0.1) is 6.58 Å². The fraction of sp³-hybridized carbons (Fsp3) is 0.800. The molecule has 0 aliphatic heterocycles. The fourth-order valence-electron chi connectivity index (χ4n) is 5.89. The van der Waals surface area contributed by atoms with Crippen LogP contribution < -0.4 is 0 Å². The third kappa shape index (κ3) is 2.23. The molecule has 118 valence electrons. The molecule has 0 heterocycles. The lowest BCUT2D eigenvalue weighted by molar-refractivity contribution is -0.0415. The highest BCUT2D eigenvalue weighted by Crippen LogP contribution is 2.62. The Labute approximate surface area is 130 Å². The van der Waals surface area contributed by atoms with Crippen LogP contribution in [0, 0.1) is 22.2 Å². The van der Waals surface area contributed by atoms with E-state index < -0.39 is 0 Å². The molecule has 3 aliphatic carbocycles. The first-order valence-corrected chi connectivity index (χ1v) is 8.83. The van der Waals surface area contributed by atoms with Crippen molar-refractivity contribution in [1.82, 2.24) is 0 Å². The Hall–Kier alpha value is -0.560. The Kier molecular flexibility index (Phi) is 3.64. The van der Waals surface area contributed by atoms with Crippen LogP contribution >= 0.6 is 0 Å². The van der Waals surface area contributed by atoms with E-state index in [2.05, 4.69) is 33.4 Å². The number of aliphatic hydroxyl groups is 1. The van der Waals surface area contributed by atoms with E-state index in [0.717, 1.165) is 0 Å². The van der Waals surface area contributed by atoms with Crippen molar-refractivity contribution >= 4 is 0 Å². The van der Waals surface area contributed by atoms with Crippen LogP contribution in [0.4, 0.5) is 0 Å². The molecule has 0 spiro atoms. The van der Waals surface area contributed by atoms with Gasteiger partial charge < -0.3 is 5.11 Å². The molecule has 3 aliphatic rings. The van der Waals surface area contributed by atoms with E-state index in [1.165, 1.54) is 51.4 Å². The molecule has 0 amide bonds. The van der Waals surface area contributed by atoms with Gasteiger partial charge in [-0.2, -0.15) is 0 Å². The van der Waals surface area contributed by atoms with E-state index in [0.29, 0.717) is 23.4 Å². The summed E-state index contributed by atoms with van der Waals surface area (Å²) in [5.41, 5.74) is 4.33. The lowest BCUT2D eigenvalue weighted by Crippen LogP contribution is -2.49. The third-order valence-electron chi connectivity index (χ3n) is 7.32. The normalized spacial score (nSPS) is 46.8. The zero-order chi connectivity index (χ0) is 15.3. The van der Waals surface area contributed by atoms with Crippen molar-refractivity contribution < 1.29 is 5.11 Å². The highest BCUT2D eigenvalue weighted by molar-refractivity contribution is 5.32. The average molecular weight is 288 g/mol. The summed E-state index contributed by atoms with van der Waals surface area (Å²) in [5.74, 6) is 0.676. The number of aliphatic hydroxyl groups excluding tert-OH is 1. The van der Waals surface area contributed by atoms with Gasteiger partial charge in [-0.25, -0.2) is 0 Å². The number of allylic oxidation sites excluding steroid dienone is 3. The summed E-state index contributed by atoms with van der Waals surface area (Å²) in [5, 5.41) is 9.99. The highest BCUT2D eigenvalue weighted by Gasteiger charge is 2.53. The maximum Gasteiger partial charge on any atom is 0.0487 e. The third-order valence-corrected chi connectivity index (χ3v) is 7.32. The molecule has 1 fully saturated rings. The van der Waals surface area contributed by atoms with Gasteiger partial charge in [-0.05, 0) is 67.1 Å². The second kappa shape index (κ2) is 4.98. The Morgan fingerprint density at radius 1 is 1.19 bits per heavy atom. The van der Waals surface area contributed by atoms with Crippen molar-refractivity contribution in [1.29, 1.82) is 0 Å². The molecule has 4 atom stereocenters. The first kappa shape index (κ1) is 15.3. The van der Waals surface area contributed by atoms with Gasteiger partial charge in [0.2, 0.25) is 0 Å². The Morgan fingerprint density at radius 3 is 2.62 bits per heavy atom. The van der Waals surface area contributed by atoms with Gasteiger partial charge in [0.1, 0.15) is 0 Å². The van der Waals surface area contributed by atoms with Crippen molar-refractivity contribution in [2.24, 2.45) is 22.2 Å². The summed E-state index contributed by atoms with van der Waals surface area (Å²) in [4.78, 5) is 0. The fourth-order valence-corrected chi connectivity index (χ4v) is 5.89. The lowest BCUT2D eigenvalue weighted by Gasteiger charge is -2.57. The maximum absolute atomic E-state index is 9.99. The van der Waals surface area contributed by atoms with Crippen LogP contribution in [0.1, 0.15) is 72.1 Å². The van der Waals surface area contributed by atoms with Gasteiger partial charge in [0, 0.05) is 6.61 Å². The second-order valence-electron chi connectivity index (χ2n) is 8.79. The van der Waals surface area contributed by atoms with E-state index in [-0.39, 0.29) is 5.41 Å². The quantitative estimate of drug-likeness (QED) is 0.687. The van der Waals surface area contributed by atoms with Crippen molar-refractivity contribution in [3.63, 3.8) is 0 Å². The predicted octanol–water partition coefficient (Wildman–Crippen LogP) is 5.26. The molecule has 1 N–H and O–H groups in total. The van der Waals surface area contributed by atoms with Crippen molar-refractivity contribution in [3.8, 4) is 0 Å². The predicted molar refractivity (Wildman–Crippen MR) is 89.1 cm³/mol. The number of hydrogen-bond acceptors (Lipinski definition) is 1. The van der Waals surface area contributed by atoms with Crippen molar-refractivity contribution in [2.75, 3.05) is 6.61 Å². The van der Waals surface area contributed by atoms with Crippen LogP contribution in [0.5, 0.6) is 0 Å². The molecule has 0 saturated heterocycles. The van der Waals surface area contributed by atoms with Gasteiger partial charge in [-0.1, -0.05) is 44.4 Å². The summed E-state index contributed by atoms with van der Waals surface area (Å²) in [6, 6.07) is 0. The van der Waals surface area contributed by atoms with Crippen LogP contribution in [0.25, 0.3) is 0 Å². The minimum absolute atomic E-state index is 0.144. The summed E-state index contributed by atoms with van der Waals surface area (Å²) >= 11 is 0. The molecule has 1 nitrogen and oxygen atoms in total. The molecule has 1 heteroatoms. The molecule has 21 heavy (non-hydrogen) atoms. The molecule has 0 aromatic rings. The second-order valence-corrected chi connectivity index (χ2v) is 8.79. The highest BCUT2D eigenvalue weighted by atomic mass is 16.3. The van der Waals surface area contributed by atoms with E-state index in [4.69, 9.17) is 0 Å². The molecule has 0 aromatic heterocycles. The first-order chi connectivity index (χ1) is 9.87. The average Bonchev–Trinajstić information content (AvgIpc) is 2.46. The number of hydrogen-bond donors (Lipinski definition) is 1. The molecule has 0 radical (unpaired) electrons. The van der Waals surface area contributed by atoms with Crippen LogP contribution in [0.15, 0.2) is 23.8 Å². The summed E-state index contributed by atoms with van der Waals surface area (Å²) in [6.07, 6.45) is 12.3. The van der Waals surface area contributed by atoms with Gasteiger partial charge in [0.05, 0.1) is 0 Å². The van der Waals surface area contributed by atoms with Crippen molar-refractivity contribution in [3.05, 3.63) is 23.8 Å². The van der Waals surface area contributed by atoms with E-state index in [1.807, 2.05) is 0 Å². The Morgan fingerprint density at radius 2 is 1.95 bits per heavy atom. The van der Waals surface area contributed by atoms with Crippen LogP contribution in [-0.2, 0) is 0 Å². The first-order valence-electron chi connectivity index (χ1n) is 8.83. The molecule has 0 unspecified atom stereocenters. The van der Waals surface area contributed by atoms with E-state index in [1.54, 1.807) is 11.1 Å². The molecule has 0 bridgehead atoms. The molecular formula is C20H32O. The number of rotatable bonds is 2. The Bertz CT molecular complexity index is 476. The largest absolute Gasteiger partial charge is 0.396 e. The van der Waals surface area contributed by atoms with Gasteiger partial charge >= 0.3 is 0 Å². The Balaban J connectivity index is 1.98. The minimum atomic E-state index is 0.144. The molecule has 3 rings (SSSR count). The molecule has 1 saturated carbocycles. The monoisotopic (exact) mass is 288 g/mol. The van der Waals surface area contributed by atoms with Gasteiger partial charge in [0.15, 0.2) is 0 Å². The van der Waals surface area contributed by atoms with Gasteiger partial charge in [-0.3, -0.25) is 0 Å². The standard InChI is InChI=1S/C20H32O/c1-5-18(2)12-9-16-15(13-18)7-8-17-19(3,14-21)10-6-11-20(16,17)4/h5,17,21H,1,6-14H2,2-4H3/t17-,18+,19-,20-/m1/s1. The van der Waals surface area contributed by atoms with Gasteiger partial charge in [0.25, 0.3) is 0 Å². The maximum atomic E-state index is 9.99. The summed E-state index contributed by atoms with van der Waals surface area (Å²) in [7, 11) is 0. The summed E-state index contributed by atoms with van der Waals surface area (Å²) in [6.45, 7) is 11.6. The van der Waals surface area contributed by atoms with E-state index >= 15 is 0 Å². The van der Waals surface area contributed by atoms with Crippen LogP contribution in [-0.4, -0.2) is 11.7 Å². The lowest BCUT2D eigenvalue weighted by atomic mass is 9.47. The minimum Gasteiger partial charge on any atom is -0.396 e. The summed E-state index contributed by atoms with van der Waals surface area (Å²) < 4.78 is 0. The SMILES string of the molecule is C=C[C@@]1(C)CCC2=C(CC[C@@H]3[C@@](C)(CO)CCC[C@]23C)C1. The van der Waals surface area contributed by atoms with Crippen LogP contribution in [0.2, 0.25) is 0 Å². The zero-order valence-corrected chi connectivity index (χ0v) is 14.2. The topological polar surface area (TPSA) is 20.2 Å². The smallest absolute Gasteiger partial charge is 0.0487 e.